The minimum absolute atomic E-state index is 0.0167. The summed E-state index contributed by atoms with van der Waals surface area (Å²) in [5.74, 6) is -0.423. The highest BCUT2D eigenvalue weighted by atomic mass is 16.6. The van der Waals surface area contributed by atoms with Gasteiger partial charge in [0.05, 0.1) is 18.2 Å². The van der Waals surface area contributed by atoms with E-state index < -0.39 is 5.97 Å². The molecule has 0 N–H and O–H groups in total. The maximum Gasteiger partial charge on any atom is 0.338 e. The summed E-state index contributed by atoms with van der Waals surface area (Å²) in [4.78, 5) is 22.7. The Kier molecular flexibility index (Phi) is 3.55. The van der Waals surface area contributed by atoms with Crippen molar-refractivity contribution in [3.05, 3.63) is 48.2 Å². The number of rotatable bonds is 3. The molecule has 1 heterocycles. The fraction of sp³-hybridized carbons (Fsp3) is 0.231. The standard InChI is InChI=1S/C13H12O4/c14-11-6-7-16-12(8-11)9-17-13(15)10-4-2-1-3-5-10/h1-7,12H,8-9H2. The normalized spacial score (nSPS) is 18.6. The molecule has 88 valence electrons. The van der Waals surface area contributed by atoms with Gasteiger partial charge in [0, 0.05) is 6.08 Å². The van der Waals surface area contributed by atoms with Crippen LogP contribution in [0.4, 0.5) is 0 Å². The summed E-state index contributed by atoms with van der Waals surface area (Å²) in [7, 11) is 0. The number of carbonyl (C=O) groups is 2. The molecule has 1 atom stereocenters. The largest absolute Gasteiger partial charge is 0.494 e. The molecule has 0 saturated carbocycles. The Morgan fingerprint density at radius 3 is 2.82 bits per heavy atom. The van der Waals surface area contributed by atoms with E-state index in [0.29, 0.717) is 5.56 Å². The Hall–Kier alpha value is -2.10. The molecule has 0 aliphatic carbocycles. The summed E-state index contributed by atoms with van der Waals surface area (Å²) in [6.45, 7) is 0.0871. The molecule has 0 amide bonds. The first kappa shape index (κ1) is 11.4. The summed E-state index contributed by atoms with van der Waals surface area (Å²) in [5, 5.41) is 0. The van der Waals surface area contributed by atoms with Gasteiger partial charge in [-0.2, -0.15) is 0 Å². The molecular weight excluding hydrogens is 220 g/mol. The summed E-state index contributed by atoms with van der Waals surface area (Å²) in [5.41, 5.74) is 0.491. The first-order valence-electron chi connectivity index (χ1n) is 5.33. The van der Waals surface area contributed by atoms with Gasteiger partial charge in [0.15, 0.2) is 5.78 Å². The van der Waals surface area contributed by atoms with Gasteiger partial charge < -0.3 is 9.47 Å². The van der Waals surface area contributed by atoms with E-state index in [1.54, 1.807) is 24.3 Å². The number of ether oxygens (including phenoxy) is 2. The SMILES string of the molecule is O=C1C=COC(COC(=O)c2ccccc2)C1. The van der Waals surface area contributed by atoms with Crippen molar-refractivity contribution >= 4 is 11.8 Å². The van der Waals surface area contributed by atoms with Crippen LogP contribution in [0.25, 0.3) is 0 Å². The third-order valence-corrected chi connectivity index (χ3v) is 2.36. The van der Waals surface area contributed by atoms with Crippen LogP contribution in [0.15, 0.2) is 42.7 Å². The molecule has 4 nitrogen and oxygen atoms in total. The highest BCUT2D eigenvalue weighted by Gasteiger charge is 2.18. The summed E-state index contributed by atoms with van der Waals surface area (Å²) in [6, 6.07) is 8.70. The van der Waals surface area contributed by atoms with Crippen LogP contribution in [0, 0.1) is 0 Å². The zero-order valence-electron chi connectivity index (χ0n) is 9.17. The summed E-state index contributed by atoms with van der Waals surface area (Å²) < 4.78 is 10.2. The minimum Gasteiger partial charge on any atom is -0.494 e. The number of allylic oxidation sites excluding steroid dienone is 1. The Labute approximate surface area is 98.8 Å². The zero-order valence-corrected chi connectivity index (χ0v) is 9.17. The van der Waals surface area contributed by atoms with E-state index in [1.165, 1.54) is 12.3 Å². The van der Waals surface area contributed by atoms with Gasteiger partial charge in [0.1, 0.15) is 12.7 Å². The Balaban J connectivity index is 1.85. The molecule has 0 saturated heterocycles. The van der Waals surface area contributed by atoms with Gasteiger partial charge in [-0.3, -0.25) is 4.79 Å². The topological polar surface area (TPSA) is 52.6 Å². The number of hydrogen-bond donors (Lipinski definition) is 0. The third-order valence-electron chi connectivity index (χ3n) is 2.36. The van der Waals surface area contributed by atoms with E-state index in [-0.39, 0.29) is 24.9 Å². The molecule has 1 unspecified atom stereocenters. The van der Waals surface area contributed by atoms with E-state index in [1.807, 2.05) is 6.07 Å². The van der Waals surface area contributed by atoms with E-state index in [0.717, 1.165) is 0 Å². The lowest BCUT2D eigenvalue weighted by Crippen LogP contribution is -2.25. The summed E-state index contributed by atoms with van der Waals surface area (Å²) >= 11 is 0. The van der Waals surface area contributed by atoms with E-state index in [9.17, 15) is 9.59 Å². The fourth-order valence-electron chi connectivity index (χ4n) is 1.49. The molecule has 0 spiro atoms. The molecule has 1 aromatic carbocycles. The van der Waals surface area contributed by atoms with Crippen molar-refractivity contribution in [2.24, 2.45) is 0 Å². The average molecular weight is 232 g/mol. The molecular formula is C13H12O4. The molecule has 0 bridgehead atoms. The second kappa shape index (κ2) is 5.30. The van der Waals surface area contributed by atoms with Crippen molar-refractivity contribution in [2.45, 2.75) is 12.5 Å². The molecule has 4 heteroatoms. The van der Waals surface area contributed by atoms with E-state index >= 15 is 0 Å². The Morgan fingerprint density at radius 2 is 2.12 bits per heavy atom. The lowest BCUT2D eigenvalue weighted by Gasteiger charge is -2.18. The molecule has 0 radical (unpaired) electrons. The number of benzene rings is 1. The number of hydrogen-bond acceptors (Lipinski definition) is 4. The third kappa shape index (κ3) is 3.17. The molecule has 2 rings (SSSR count). The number of carbonyl (C=O) groups excluding carboxylic acids is 2. The second-order valence-corrected chi connectivity index (χ2v) is 3.70. The predicted octanol–water partition coefficient (Wildman–Crippen LogP) is 1.72. The minimum atomic E-state index is -0.406. The molecule has 1 aliphatic rings. The molecule has 1 aromatic rings. The van der Waals surface area contributed by atoms with Crippen molar-refractivity contribution in [1.82, 2.24) is 0 Å². The van der Waals surface area contributed by atoms with Crippen molar-refractivity contribution in [2.75, 3.05) is 6.61 Å². The Bertz CT molecular complexity index is 436. The lowest BCUT2D eigenvalue weighted by molar-refractivity contribution is -0.118. The van der Waals surface area contributed by atoms with E-state index in [4.69, 9.17) is 9.47 Å². The van der Waals surface area contributed by atoms with Gasteiger partial charge in [0.2, 0.25) is 0 Å². The van der Waals surface area contributed by atoms with Crippen LogP contribution in [-0.4, -0.2) is 24.5 Å². The highest BCUT2D eigenvalue weighted by Crippen LogP contribution is 2.09. The predicted molar refractivity (Wildman–Crippen MR) is 60.4 cm³/mol. The molecule has 17 heavy (non-hydrogen) atoms. The van der Waals surface area contributed by atoms with Crippen LogP contribution in [0.3, 0.4) is 0 Å². The number of esters is 1. The molecule has 1 aliphatic heterocycles. The quantitative estimate of drug-likeness (QED) is 0.744. The van der Waals surface area contributed by atoms with Gasteiger partial charge in [0.25, 0.3) is 0 Å². The van der Waals surface area contributed by atoms with Crippen molar-refractivity contribution in [3.8, 4) is 0 Å². The highest BCUT2D eigenvalue weighted by molar-refractivity contribution is 5.91. The van der Waals surface area contributed by atoms with Crippen LogP contribution in [0.2, 0.25) is 0 Å². The van der Waals surface area contributed by atoms with Crippen molar-refractivity contribution < 1.29 is 19.1 Å². The van der Waals surface area contributed by atoms with Crippen molar-refractivity contribution in [1.29, 1.82) is 0 Å². The lowest BCUT2D eigenvalue weighted by atomic mass is 10.1. The monoisotopic (exact) mass is 232 g/mol. The van der Waals surface area contributed by atoms with Gasteiger partial charge in [-0.1, -0.05) is 18.2 Å². The maximum absolute atomic E-state index is 11.6. The van der Waals surface area contributed by atoms with Gasteiger partial charge >= 0.3 is 5.97 Å². The first-order valence-corrected chi connectivity index (χ1v) is 5.33. The second-order valence-electron chi connectivity index (χ2n) is 3.70. The maximum atomic E-state index is 11.6. The molecule has 0 aromatic heterocycles. The van der Waals surface area contributed by atoms with Crippen LogP contribution in [0.5, 0.6) is 0 Å². The van der Waals surface area contributed by atoms with Crippen LogP contribution >= 0.6 is 0 Å². The fourth-order valence-corrected chi connectivity index (χ4v) is 1.49. The first-order chi connectivity index (χ1) is 8.25. The van der Waals surface area contributed by atoms with Gasteiger partial charge in [-0.25, -0.2) is 4.79 Å². The van der Waals surface area contributed by atoms with Gasteiger partial charge in [-0.15, -0.1) is 0 Å². The molecule has 0 fully saturated rings. The zero-order chi connectivity index (χ0) is 12.1. The van der Waals surface area contributed by atoms with Gasteiger partial charge in [-0.05, 0) is 12.1 Å². The van der Waals surface area contributed by atoms with E-state index in [2.05, 4.69) is 0 Å². The van der Waals surface area contributed by atoms with Crippen LogP contribution in [0.1, 0.15) is 16.8 Å². The smallest absolute Gasteiger partial charge is 0.338 e. The van der Waals surface area contributed by atoms with Crippen LogP contribution in [-0.2, 0) is 14.3 Å². The number of ketones is 1. The summed E-state index contributed by atoms with van der Waals surface area (Å²) in [6.07, 6.45) is 2.58. The van der Waals surface area contributed by atoms with Crippen molar-refractivity contribution in [3.63, 3.8) is 0 Å². The Morgan fingerprint density at radius 1 is 1.35 bits per heavy atom. The average Bonchev–Trinajstić information content (AvgIpc) is 2.37. The van der Waals surface area contributed by atoms with Crippen LogP contribution < -0.4 is 0 Å².